The van der Waals surface area contributed by atoms with E-state index in [9.17, 15) is 0 Å². The van der Waals surface area contributed by atoms with E-state index in [1.807, 2.05) is 18.2 Å². The van der Waals surface area contributed by atoms with E-state index in [0.29, 0.717) is 12.3 Å². The molecular weight excluding hydrogens is 495 g/mol. The summed E-state index contributed by atoms with van der Waals surface area (Å²) < 4.78 is 13.0. The Morgan fingerprint density at radius 3 is 2.70 bits per heavy atom. The van der Waals surface area contributed by atoms with Gasteiger partial charge in [-0.25, -0.2) is 4.99 Å². The SMILES string of the molecule is CCNC(=NCc1ccc(OC)c(OC)c1)NCCc1nnc2n1CCCCC2.I. The predicted molar refractivity (Wildman–Crippen MR) is 129 cm³/mol. The summed E-state index contributed by atoms with van der Waals surface area (Å²) in [4.78, 5) is 4.69. The van der Waals surface area contributed by atoms with Crippen LogP contribution in [0.15, 0.2) is 23.2 Å². The summed E-state index contributed by atoms with van der Waals surface area (Å²) in [5.41, 5.74) is 1.06. The molecule has 1 aromatic carbocycles. The summed E-state index contributed by atoms with van der Waals surface area (Å²) in [6, 6.07) is 5.86. The van der Waals surface area contributed by atoms with Crippen molar-refractivity contribution in [3.05, 3.63) is 35.4 Å². The quantitative estimate of drug-likeness (QED) is 0.312. The van der Waals surface area contributed by atoms with Crippen molar-refractivity contribution in [2.24, 2.45) is 4.99 Å². The highest BCUT2D eigenvalue weighted by atomic mass is 127. The standard InChI is InChI=1S/C21H32N6O2.HI/c1-4-22-21(24-15-16-9-10-17(28-2)18(14-16)29-3)23-12-11-20-26-25-19-8-6-5-7-13-27(19)20;/h9-10,14H,4-8,11-13,15H2,1-3H3,(H2,22,23,24);1H. The molecule has 0 fully saturated rings. The number of guanidine groups is 1. The van der Waals surface area contributed by atoms with E-state index in [1.165, 1.54) is 19.3 Å². The third-order valence-electron chi connectivity index (χ3n) is 5.04. The van der Waals surface area contributed by atoms with Gasteiger partial charge in [0, 0.05) is 32.5 Å². The van der Waals surface area contributed by atoms with Gasteiger partial charge in [-0.3, -0.25) is 0 Å². The number of fused-ring (bicyclic) bond motifs is 1. The molecule has 166 valence electrons. The van der Waals surface area contributed by atoms with Crippen LogP contribution in [0.2, 0.25) is 0 Å². The van der Waals surface area contributed by atoms with Gasteiger partial charge in [0.2, 0.25) is 0 Å². The fourth-order valence-electron chi connectivity index (χ4n) is 3.51. The van der Waals surface area contributed by atoms with E-state index < -0.39 is 0 Å². The van der Waals surface area contributed by atoms with Crippen LogP contribution in [0.4, 0.5) is 0 Å². The number of methoxy groups -OCH3 is 2. The van der Waals surface area contributed by atoms with Crippen molar-refractivity contribution in [2.45, 2.75) is 52.1 Å². The molecule has 8 nitrogen and oxygen atoms in total. The molecule has 3 rings (SSSR count). The normalized spacial score (nSPS) is 13.6. The Hall–Kier alpha value is -2.04. The van der Waals surface area contributed by atoms with Crippen molar-refractivity contribution < 1.29 is 9.47 Å². The average Bonchev–Trinajstić information content (AvgIpc) is 2.97. The van der Waals surface area contributed by atoms with Gasteiger partial charge in [0.25, 0.3) is 0 Å². The molecule has 0 amide bonds. The van der Waals surface area contributed by atoms with Gasteiger partial charge >= 0.3 is 0 Å². The van der Waals surface area contributed by atoms with Crippen molar-refractivity contribution in [3.8, 4) is 11.5 Å². The summed E-state index contributed by atoms with van der Waals surface area (Å²) in [5, 5.41) is 15.5. The van der Waals surface area contributed by atoms with Crippen molar-refractivity contribution >= 4 is 29.9 Å². The molecule has 30 heavy (non-hydrogen) atoms. The molecule has 9 heteroatoms. The summed E-state index contributed by atoms with van der Waals surface area (Å²) in [5.74, 6) is 4.41. The van der Waals surface area contributed by atoms with E-state index in [0.717, 1.165) is 61.4 Å². The number of aromatic nitrogens is 3. The molecule has 0 saturated carbocycles. The van der Waals surface area contributed by atoms with Crippen LogP contribution in [0.5, 0.6) is 11.5 Å². The fraction of sp³-hybridized carbons (Fsp3) is 0.571. The molecule has 0 atom stereocenters. The monoisotopic (exact) mass is 528 g/mol. The molecular formula is C21H33IN6O2. The lowest BCUT2D eigenvalue weighted by molar-refractivity contribution is 0.354. The molecule has 1 aliphatic rings. The van der Waals surface area contributed by atoms with Gasteiger partial charge in [-0.1, -0.05) is 12.5 Å². The number of nitrogens with one attached hydrogen (secondary N) is 2. The first-order chi connectivity index (χ1) is 14.2. The summed E-state index contributed by atoms with van der Waals surface area (Å²) >= 11 is 0. The van der Waals surface area contributed by atoms with Gasteiger partial charge in [-0.15, -0.1) is 34.2 Å². The first-order valence-electron chi connectivity index (χ1n) is 10.4. The van der Waals surface area contributed by atoms with E-state index in [1.54, 1.807) is 14.2 Å². The second-order valence-corrected chi connectivity index (χ2v) is 7.06. The number of aryl methyl sites for hydroxylation is 1. The summed E-state index contributed by atoms with van der Waals surface area (Å²) in [7, 11) is 3.28. The minimum Gasteiger partial charge on any atom is -0.493 e. The maximum absolute atomic E-state index is 5.37. The smallest absolute Gasteiger partial charge is 0.191 e. The van der Waals surface area contributed by atoms with Crippen LogP contribution in [0.3, 0.4) is 0 Å². The highest BCUT2D eigenvalue weighted by Gasteiger charge is 2.14. The second kappa shape index (κ2) is 12.6. The molecule has 2 heterocycles. The highest BCUT2D eigenvalue weighted by molar-refractivity contribution is 14.0. The van der Waals surface area contributed by atoms with E-state index in [2.05, 4.69) is 32.3 Å². The van der Waals surface area contributed by atoms with Gasteiger partial charge in [-0.05, 0) is 37.5 Å². The first kappa shape index (κ1) is 24.2. The molecule has 2 aromatic rings. The Morgan fingerprint density at radius 1 is 1.10 bits per heavy atom. The Bertz CT molecular complexity index is 824. The minimum absolute atomic E-state index is 0. The second-order valence-electron chi connectivity index (χ2n) is 7.06. The van der Waals surface area contributed by atoms with Crippen LogP contribution in [0.1, 0.15) is 43.4 Å². The van der Waals surface area contributed by atoms with Crippen LogP contribution in [0, 0.1) is 0 Å². The third-order valence-corrected chi connectivity index (χ3v) is 5.04. The molecule has 0 saturated heterocycles. The number of halogens is 1. The third kappa shape index (κ3) is 6.48. The molecule has 0 unspecified atom stereocenters. The number of benzene rings is 1. The molecule has 2 N–H and O–H groups in total. The van der Waals surface area contributed by atoms with Crippen LogP contribution >= 0.6 is 24.0 Å². The van der Waals surface area contributed by atoms with Crippen molar-refractivity contribution in [1.82, 2.24) is 25.4 Å². The van der Waals surface area contributed by atoms with Crippen LogP contribution < -0.4 is 20.1 Å². The highest BCUT2D eigenvalue weighted by Crippen LogP contribution is 2.27. The Morgan fingerprint density at radius 2 is 1.93 bits per heavy atom. The van der Waals surface area contributed by atoms with Gasteiger partial charge < -0.3 is 24.7 Å². The topological polar surface area (TPSA) is 85.6 Å². The number of aliphatic imine (C=N–C) groups is 1. The number of rotatable bonds is 8. The summed E-state index contributed by atoms with van der Waals surface area (Å²) in [6.45, 7) is 5.21. The van der Waals surface area contributed by atoms with Gasteiger partial charge in [0.05, 0.1) is 20.8 Å². The van der Waals surface area contributed by atoms with E-state index in [-0.39, 0.29) is 24.0 Å². The maximum atomic E-state index is 5.37. The Balaban J connectivity index is 0.00000320. The number of hydrogen-bond acceptors (Lipinski definition) is 5. The lowest BCUT2D eigenvalue weighted by Crippen LogP contribution is -2.38. The lowest BCUT2D eigenvalue weighted by atomic mass is 10.2. The van der Waals surface area contributed by atoms with Gasteiger partial charge in [0.1, 0.15) is 11.6 Å². The molecule has 1 aliphatic heterocycles. The van der Waals surface area contributed by atoms with Gasteiger partial charge in [-0.2, -0.15) is 0 Å². The zero-order valence-corrected chi connectivity index (χ0v) is 20.4. The summed E-state index contributed by atoms with van der Waals surface area (Å²) in [6.07, 6.45) is 5.56. The lowest BCUT2D eigenvalue weighted by Gasteiger charge is -2.12. The van der Waals surface area contributed by atoms with Crippen molar-refractivity contribution in [3.63, 3.8) is 0 Å². The van der Waals surface area contributed by atoms with Crippen LogP contribution in [0.25, 0.3) is 0 Å². The van der Waals surface area contributed by atoms with Gasteiger partial charge in [0.15, 0.2) is 17.5 Å². The Kier molecular flexibility index (Phi) is 10.2. The fourth-order valence-corrected chi connectivity index (χ4v) is 3.51. The molecule has 0 bridgehead atoms. The van der Waals surface area contributed by atoms with Crippen LogP contribution in [-0.2, 0) is 25.9 Å². The number of hydrogen-bond donors (Lipinski definition) is 2. The Labute approximate surface area is 195 Å². The largest absolute Gasteiger partial charge is 0.493 e. The molecule has 1 aromatic heterocycles. The maximum Gasteiger partial charge on any atom is 0.191 e. The van der Waals surface area contributed by atoms with Crippen molar-refractivity contribution in [2.75, 3.05) is 27.3 Å². The van der Waals surface area contributed by atoms with Crippen molar-refractivity contribution in [1.29, 1.82) is 0 Å². The number of ether oxygens (including phenoxy) is 2. The minimum atomic E-state index is 0. The van der Waals surface area contributed by atoms with E-state index >= 15 is 0 Å². The number of nitrogens with zero attached hydrogens (tertiary/aromatic N) is 4. The van der Waals surface area contributed by atoms with Crippen LogP contribution in [-0.4, -0.2) is 48.0 Å². The zero-order valence-electron chi connectivity index (χ0n) is 18.1. The predicted octanol–water partition coefficient (Wildman–Crippen LogP) is 2.94. The van der Waals surface area contributed by atoms with E-state index in [4.69, 9.17) is 14.5 Å². The molecule has 0 aliphatic carbocycles. The molecule has 0 radical (unpaired) electrons. The zero-order chi connectivity index (χ0) is 20.5. The molecule has 0 spiro atoms. The average molecular weight is 528 g/mol. The first-order valence-corrected chi connectivity index (χ1v) is 10.4.